The molecule has 2 atom stereocenters. The molecule has 1 N–H and O–H groups in total. The topological polar surface area (TPSA) is 47.2 Å². The van der Waals surface area contributed by atoms with Gasteiger partial charge in [0.05, 0.1) is 18.4 Å². The molecule has 4 nitrogen and oxygen atoms in total. The van der Waals surface area contributed by atoms with Crippen molar-refractivity contribution >= 4 is 5.91 Å². The molecule has 0 unspecified atom stereocenters. The second-order valence-corrected chi connectivity index (χ2v) is 6.79. The molecule has 0 spiro atoms. The predicted octanol–water partition coefficient (Wildman–Crippen LogP) is 4.05. The van der Waals surface area contributed by atoms with Gasteiger partial charge in [0, 0.05) is 17.4 Å². The van der Waals surface area contributed by atoms with Crippen LogP contribution in [-0.2, 0) is 6.54 Å². The van der Waals surface area contributed by atoms with Crippen molar-refractivity contribution in [3.63, 3.8) is 0 Å². The van der Waals surface area contributed by atoms with E-state index in [4.69, 9.17) is 4.42 Å². The highest BCUT2D eigenvalue weighted by molar-refractivity contribution is 5.95. The molecule has 2 aromatic rings. The summed E-state index contributed by atoms with van der Waals surface area (Å²) in [5.74, 6) is 1.53. The smallest absolute Gasteiger partial charge is 0.253 e. The van der Waals surface area contributed by atoms with Gasteiger partial charge in [0.2, 0.25) is 0 Å². The molecular formula is C19H26N2O2. The van der Waals surface area contributed by atoms with E-state index in [1.807, 2.05) is 32.0 Å². The van der Waals surface area contributed by atoms with Crippen molar-refractivity contribution in [2.24, 2.45) is 5.92 Å². The molecule has 2 aromatic heterocycles. The number of aromatic nitrogens is 1. The molecule has 1 aliphatic rings. The molecule has 0 aliphatic heterocycles. The van der Waals surface area contributed by atoms with Gasteiger partial charge in [0.15, 0.2) is 0 Å². The van der Waals surface area contributed by atoms with E-state index in [0.29, 0.717) is 18.5 Å². The second-order valence-electron chi connectivity index (χ2n) is 6.79. The van der Waals surface area contributed by atoms with Gasteiger partial charge >= 0.3 is 0 Å². The first-order valence-electron chi connectivity index (χ1n) is 8.56. The first kappa shape index (κ1) is 15.9. The highest BCUT2D eigenvalue weighted by Crippen LogP contribution is 2.25. The van der Waals surface area contributed by atoms with Gasteiger partial charge in [0.1, 0.15) is 5.76 Å². The number of aryl methyl sites for hydroxylation is 1. The maximum Gasteiger partial charge on any atom is 0.253 e. The number of hydrogen-bond donors (Lipinski definition) is 1. The fourth-order valence-corrected chi connectivity index (χ4v) is 3.61. The maximum atomic E-state index is 12.7. The van der Waals surface area contributed by atoms with E-state index < -0.39 is 0 Å². The Bertz CT molecular complexity index is 670. The van der Waals surface area contributed by atoms with Crippen molar-refractivity contribution in [2.45, 2.75) is 59.0 Å². The molecule has 0 saturated heterocycles. The molecule has 3 rings (SSSR count). The van der Waals surface area contributed by atoms with Crippen molar-refractivity contribution < 1.29 is 9.21 Å². The van der Waals surface area contributed by atoms with Crippen LogP contribution in [0.3, 0.4) is 0 Å². The van der Waals surface area contributed by atoms with Crippen molar-refractivity contribution in [3.8, 4) is 0 Å². The molecule has 0 bridgehead atoms. The summed E-state index contributed by atoms with van der Waals surface area (Å²) < 4.78 is 7.57. The number of amides is 1. The number of hydrogen-bond acceptors (Lipinski definition) is 2. The summed E-state index contributed by atoms with van der Waals surface area (Å²) in [4.78, 5) is 12.7. The van der Waals surface area contributed by atoms with Crippen LogP contribution in [0.1, 0.15) is 60.1 Å². The summed E-state index contributed by atoms with van der Waals surface area (Å²) in [6, 6.07) is 6.15. The Morgan fingerprint density at radius 2 is 2.13 bits per heavy atom. The van der Waals surface area contributed by atoms with E-state index >= 15 is 0 Å². The first-order chi connectivity index (χ1) is 11.1. The maximum absolute atomic E-state index is 12.7. The van der Waals surface area contributed by atoms with E-state index in [-0.39, 0.29) is 5.91 Å². The van der Waals surface area contributed by atoms with Crippen LogP contribution >= 0.6 is 0 Å². The van der Waals surface area contributed by atoms with E-state index in [0.717, 1.165) is 29.1 Å². The van der Waals surface area contributed by atoms with Gasteiger partial charge in [-0.3, -0.25) is 4.79 Å². The normalized spacial score (nSPS) is 21.3. The van der Waals surface area contributed by atoms with Crippen LogP contribution in [0, 0.1) is 19.8 Å². The van der Waals surface area contributed by atoms with Crippen LogP contribution in [0.25, 0.3) is 0 Å². The van der Waals surface area contributed by atoms with Crippen LogP contribution in [0.2, 0.25) is 0 Å². The zero-order valence-corrected chi connectivity index (χ0v) is 14.3. The molecule has 2 heterocycles. The lowest BCUT2D eigenvalue weighted by Gasteiger charge is -2.29. The number of nitrogens with one attached hydrogen (secondary N) is 1. The molecular weight excluding hydrogens is 288 g/mol. The molecule has 4 heteroatoms. The van der Waals surface area contributed by atoms with Crippen molar-refractivity contribution in [1.29, 1.82) is 0 Å². The van der Waals surface area contributed by atoms with Crippen LogP contribution in [0.4, 0.5) is 0 Å². The number of carbonyl (C=O) groups is 1. The second kappa shape index (κ2) is 6.65. The third-order valence-corrected chi connectivity index (χ3v) is 5.14. The lowest BCUT2D eigenvalue weighted by Crippen LogP contribution is -2.41. The molecule has 0 aromatic carbocycles. The summed E-state index contributed by atoms with van der Waals surface area (Å²) in [6.45, 7) is 6.95. The van der Waals surface area contributed by atoms with Crippen molar-refractivity contribution in [1.82, 2.24) is 9.88 Å². The zero-order chi connectivity index (χ0) is 16.4. The largest absolute Gasteiger partial charge is 0.467 e. The third kappa shape index (κ3) is 3.36. The van der Waals surface area contributed by atoms with Gasteiger partial charge in [-0.25, -0.2) is 0 Å². The Morgan fingerprint density at radius 1 is 1.35 bits per heavy atom. The Kier molecular flexibility index (Phi) is 4.60. The fraction of sp³-hybridized carbons (Fsp3) is 0.526. The van der Waals surface area contributed by atoms with Gasteiger partial charge in [-0.1, -0.05) is 19.8 Å². The molecule has 1 fully saturated rings. The lowest BCUT2D eigenvalue weighted by atomic mass is 9.86. The highest BCUT2D eigenvalue weighted by Gasteiger charge is 2.25. The number of nitrogens with zero attached hydrogens (tertiary/aromatic N) is 1. The quantitative estimate of drug-likeness (QED) is 0.925. The molecule has 0 radical (unpaired) electrons. The van der Waals surface area contributed by atoms with E-state index in [1.54, 1.807) is 6.26 Å². The fourth-order valence-electron chi connectivity index (χ4n) is 3.61. The van der Waals surface area contributed by atoms with E-state index in [2.05, 4.69) is 16.8 Å². The molecule has 23 heavy (non-hydrogen) atoms. The van der Waals surface area contributed by atoms with Gasteiger partial charge in [-0.2, -0.15) is 0 Å². The van der Waals surface area contributed by atoms with Gasteiger partial charge < -0.3 is 14.3 Å². The first-order valence-corrected chi connectivity index (χ1v) is 8.56. The Morgan fingerprint density at radius 3 is 2.83 bits per heavy atom. The van der Waals surface area contributed by atoms with Crippen LogP contribution in [0.5, 0.6) is 0 Å². The summed E-state index contributed by atoms with van der Waals surface area (Å²) in [5, 5.41) is 3.25. The average molecular weight is 314 g/mol. The minimum atomic E-state index is 0.0579. The number of furan rings is 1. The Labute approximate surface area is 137 Å². The standard InChI is InChI=1S/C19H26N2O2/c1-13-7-4-5-9-18(13)20-19(22)17-11-14(2)21(15(17)3)12-16-8-6-10-23-16/h6,8,10-11,13,18H,4-5,7,9,12H2,1-3H3,(H,20,22)/t13-,18+/m0/s1. The molecule has 1 aliphatic carbocycles. The van der Waals surface area contributed by atoms with Gasteiger partial charge in [0.25, 0.3) is 5.91 Å². The van der Waals surface area contributed by atoms with Crippen LogP contribution in [0.15, 0.2) is 28.9 Å². The third-order valence-electron chi connectivity index (χ3n) is 5.14. The van der Waals surface area contributed by atoms with Crippen LogP contribution in [-0.4, -0.2) is 16.5 Å². The van der Waals surface area contributed by atoms with Crippen LogP contribution < -0.4 is 5.32 Å². The van der Waals surface area contributed by atoms with Gasteiger partial charge in [-0.15, -0.1) is 0 Å². The summed E-state index contributed by atoms with van der Waals surface area (Å²) >= 11 is 0. The van der Waals surface area contributed by atoms with Crippen molar-refractivity contribution in [3.05, 3.63) is 47.2 Å². The zero-order valence-electron chi connectivity index (χ0n) is 14.3. The SMILES string of the molecule is Cc1cc(C(=O)N[C@@H]2CCCC[C@@H]2C)c(C)n1Cc1ccco1. The molecule has 124 valence electrons. The molecule has 1 amide bonds. The highest BCUT2D eigenvalue weighted by atomic mass is 16.3. The molecule has 1 saturated carbocycles. The van der Waals surface area contributed by atoms with Crippen molar-refractivity contribution in [2.75, 3.05) is 0 Å². The summed E-state index contributed by atoms with van der Waals surface area (Å²) in [5.41, 5.74) is 2.87. The number of rotatable bonds is 4. The van der Waals surface area contributed by atoms with E-state index in [1.165, 1.54) is 19.3 Å². The average Bonchev–Trinajstić information content (AvgIpc) is 3.13. The minimum Gasteiger partial charge on any atom is -0.467 e. The minimum absolute atomic E-state index is 0.0579. The van der Waals surface area contributed by atoms with E-state index in [9.17, 15) is 4.79 Å². The lowest BCUT2D eigenvalue weighted by molar-refractivity contribution is 0.0909. The number of carbonyl (C=O) groups excluding carboxylic acids is 1. The Hall–Kier alpha value is -1.97. The van der Waals surface area contributed by atoms with Gasteiger partial charge in [-0.05, 0) is 50.8 Å². The monoisotopic (exact) mass is 314 g/mol. The summed E-state index contributed by atoms with van der Waals surface area (Å²) in [7, 11) is 0. The summed E-state index contributed by atoms with van der Waals surface area (Å²) in [6.07, 6.45) is 6.49. The Balaban J connectivity index is 1.76. The predicted molar refractivity (Wildman–Crippen MR) is 90.6 cm³/mol.